The minimum atomic E-state index is -0.233. The number of nitrogens with two attached hydrogens (primary N) is 1. The monoisotopic (exact) mass is 364 g/mol. The molecule has 1 aliphatic heterocycles. The van der Waals surface area contributed by atoms with Gasteiger partial charge in [-0.15, -0.1) is 0 Å². The second kappa shape index (κ2) is 7.14. The van der Waals surface area contributed by atoms with Crippen molar-refractivity contribution in [2.24, 2.45) is 11.7 Å². The fraction of sp³-hybridized carbons (Fsp3) is 0.316. The molecular weight excluding hydrogens is 344 g/mol. The van der Waals surface area contributed by atoms with Crippen LogP contribution >= 0.6 is 0 Å². The summed E-state index contributed by atoms with van der Waals surface area (Å²) in [6.45, 7) is 3.29. The summed E-state index contributed by atoms with van der Waals surface area (Å²) in [5, 5.41) is 0. The minimum absolute atomic E-state index is 0.0734. The average molecular weight is 364 g/mol. The Bertz CT molecular complexity index is 948. The van der Waals surface area contributed by atoms with Gasteiger partial charge >= 0.3 is 0 Å². The quantitative estimate of drug-likeness (QED) is 0.755. The van der Waals surface area contributed by atoms with Crippen molar-refractivity contribution < 1.29 is 9.21 Å². The summed E-state index contributed by atoms with van der Waals surface area (Å²) in [4.78, 5) is 31.4. The molecule has 3 aromatic rings. The Balaban J connectivity index is 1.72. The highest BCUT2D eigenvalue weighted by Crippen LogP contribution is 2.33. The molecule has 8 nitrogen and oxygen atoms in total. The summed E-state index contributed by atoms with van der Waals surface area (Å²) in [5.74, 6) is 1.09. The van der Waals surface area contributed by atoms with Crippen LogP contribution in [0.4, 0.5) is 5.95 Å². The van der Waals surface area contributed by atoms with Crippen molar-refractivity contribution in [1.82, 2.24) is 19.9 Å². The van der Waals surface area contributed by atoms with Crippen LogP contribution in [0.1, 0.15) is 18.6 Å². The molecule has 0 radical (unpaired) electrons. The second-order valence-corrected chi connectivity index (χ2v) is 6.58. The Morgan fingerprint density at radius 2 is 2.00 bits per heavy atom. The van der Waals surface area contributed by atoms with Gasteiger partial charge < -0.3 is 15.1 Å². The predicted molar refractivity (Wildman–Crippen MR) is 99.6 cm³/mol. The molecule has 0 aliphatic carbocycles. The van der Waals surface area contributed by atoms with Crippen molar-refractivity contribution in [3.8, 4) is 22.5 Å². The van der Waals surface area contributed by atoms with Gasteiger partial charge in [-0.25, -0.2) is 9.97 Å². The van der Waals surface area contributed by atoms with E-state index in [1.807, 2.05) is 13.0 Å². The fourth-order valence-corrected chi connectivity index (χ4v) is 3.35. The molecule has 138 valence electrons. The number of piperidine rings is 1. The summed E-state index contributed by atoms with van der Waals surface area (Å²) in [5.41, 5.74) is 8.57. The van der Waals surface area contributed by atoms with E-state index >= 15 is 0 Å². The highest BCUT2D eigenvalue weighted by molar-refractivity contribution is 5.80. The predicted octanol–water partition coefficient (Wildman–Crippen LogP) is 2.20. The molecule has 3 aromatic heterocycles. The largest absolute Gasteiger partial charge is 0.469 e. The molecular formula is C19H20N6O2. The fourth-order valence-electron chi connectivity index (χ4n) is 3.35. The number of carbonyl (C=O) groups excluding carboxylic acids is 1. The van der Waals surface area contributed by atoms with Crippen LogP contribution in [0.5, 0.6) is 0 Å². The Hall–Kier alpha value is -3.29. The van der Waals surface area contributed by atoms with Gasteiger partial charge in [0, 0.05) is 48.7 Å². The number of rotatable bonds is 4. The number of aryl methyl sites for hydroxylation is 1. The van der Waals surface area contributed by atoms with Gasteiger partial charge in [0.05, 0.1) is 23.8 Å². The third-order valence-corrected chi connectivity index (χ3v) is 4.91. The number of anilines is 1. The maximum Gasteiger partial charge on any atom is 0.225 e. The molecule has 0 bridgehead atoms. The van der Waals surface area contributed by atoms with E-state index in [1.165, 1.54) is 0 Å². The van der Waals surface area contributed by atoms with E-state index in [4.69, 9.17) is 15.1 Å². The van der Waals surface area contributed by atoms with Gasteiger partial charge in [0.1, 0.15) is 5.76 Å². The summed E-state index contributed by atoms with van der Waals surface area (Å²) >= 11 is 0. The summed E-state index contributed by atoms with van der Waals surface area (Å²) in [6.07, 6.45) is 9.80. The molecule has 2 N–H and O–H groups in total. The lowest BCUT2D eigenvalue weighted by Gasteiger charge is -2.30. The summed E-state index contributed by atoms with van der Waals surface area (Å²) in [7, 11) is 0. The highest BCUT2D eigenvalue weighted by atomic mass is 16.3. The molecule has 1 saturated heterocycles. The van der Waals surface area contributed by atoms with Gasteiger partial charge in [-0.1, -0.05) is 0 Å². The number of aromatic nitrogens is 4. The van der Waals surface area contributed by atoms with Gasteiger partial charge in [0.2, 0.25) is 11.9 Å². The lowest BCUT2D eigenvalue weighted by atomic mass is 9.96. The number of primary amides is 1. The van der Waals surface area contributed by atoms with Crippen LogP contribution in [0, 0.1) is 12.8 Å². The van der Waals surface area contributed by atoms with Gasteiger partial charge in [-0.2, -0.15) is 0 Å². The first kappa shape index (κ1) is 17.1. The van der Waals surface area contributed by atoms with Crippen molar-refractivity contribution in [3.63, 3.8) is 0 Å². The van der Waals surface area contributed by atoms with Gasteiger partial charge in [-0.05, 0) is 25.8 Å². The van der Waals surface area contributed by atoms with Gasteiger partial charge in [0.25, 0.3) is 0 Å². The SMILES string of the molecule is Cc1occc1-c1nc(N2CCC(C(N)=O)CC2)ncc1-c1cnccn1. The molecule has 1 fully saturated rings. The first-order valence-electron chi connectivity index (χ1n) is 8.85. The smallest absolute Gasteiger partial charge is 0.225 e. The van der Waals surface area contributed by atoms with E-state index in [9.17, 15) is 4.79 Å². The molecule has 0 atom stereocenters. The van der Waals surface area contributed by atoms with Gasteiger partial charge in [0.15, 0.2) is 0 Å². The van der Waals surface area contributed by atoms with Crippen LogP contribution in [-0.2, 0) is 4.79 Å². The normalized spacial score (nSPS) is 15.1. The Labute approximate surface area is 156 Å². The van der Waals surface area contributed by atoms with E-state index in [0.29, 0.717) is 37.6 Å². The molecule has 0 aromatic carbocycles. The number of carbonyl (C=O) groups is 1. The number of amides is 1. The number of furan rings is 1. The average Bonchev–Trinajstić information content (AvgIpc) is 3.14. The third-order valence-electron chi connectivity index (χ3n) is 4.91. The van der Waals surface area contributed by atoms with Crippen molar-refractivity contribution in [3.05, 3.63) is 42.9 Å². The lowest BCUT2D eigenvalue weighted by Crippen LogP contribution is -2.39. The van der Waals surface area contributed by atoms with E-state index in [-0.39, 0.29) is 11.8 Å². The minimum Gasteiger partial charge on any atom is -0.469 e. The summed E-state index contributed by atoms with van der Waals surface area (Å²) in [6, 6.07) is 1.89. The third kappa shape index (κ3) is 3.38. The van der Waals surface area contributed by atoms with Crippen LogP contribution in [0.15, 0.2) is 41.5 Å². The molecule has 0 spiro atoms. The standard InChI is InChI=1S/C19H20N6O2/c1-12-14(4-9-27-12)17-15(16-11-21-5-6-22-16)10-23-19(24-17)25-7-2-13(3-8-25)18(20)26/h4-6,9-11,13H,2-3,7-8H2,1H3,(H2,20,26). The first-order chi connectivity index (χ1) is 13.1. The Kier molecular flexibility index (Phi) is 4.53. The van der Waals surface area contributed by atoms with E-state index in [0.717, 1.165) is 22.6 Å². The van der Waals surface area contributed by atoms with E-state index < -0.39 is 0 Å². The van der Waals surface area contributed by atoms with Gasteiger partial charge in [-0.3, -0.25) is 14.8 Å². The number of nitrogens with zero attached hydrogens (tertiary/aromatic N) is 5. The molecule has 8 heteroatoms. The Morgan fingerprint density at radius 1 is 1.19 bits per heavy atom. The zero-order valence-corrected chi connectivity index (χ0v) is 15.0. The van der Waals surface area contributed by atoms with Crippen LogP contribution in [-0.4, -0.2) is 38.9 Å². The van der Waals surface area contributed by atoms with Crippen LogP contribution < -0.4 is 10.6 Å². The van der Waals surface area contributed by atoms with Crippen LogP contribution in [0.2, 0.25) is 0 Å². The molecule has 0 unspecified atom stereocenters. The maximum absolute atomic E-state index is 11.4. The maximum atomic E-state index is 11.4. The van der Waals surface area contributed by atoms with Crippen molar-refractivity contribution in [1.29, 1.82) is 0 Å². The molecule has 27 heavy (non-hydrogen) atoms. The zero-order valence-electron chi connectivity index (χ0n) is 15.0. The second-order valence-electron chi connectivity index (χ2n) is 6.58. The van der Waals surface area contributed by atoms with Crippen molar-refractivity contribution >= 4 is 11.9 Å². The first-order valence-corrected chi connectivity index (χ1v) is 8.85. The van der Waals surface area contributed by atoms with Crippen LogP contribution in [0.3, 0.4) is 0 Å². The lowest BCUT2D eigenvalue weighted by molar-refractivity contribution is -0.122. The van der Waals surface area contributed by atoms with E-state index in [1.54, 1.807) is 31.1 Å². The van der Waals surface area contributed by atoms with E-state index in [2.05, 4.69) is 19.9 Å². The molecule has 4 heterocycles. The van der Waals surface area contributed by atoms with Crippen molar-refractivity contribution in [2.75, 3.05) is 18.0 Å². The molecule has 1 amide bonds. The van der Waals surface area contributed by atoms with Crippen molar-refractivity contribution in [2.45, 2.75) is 19.8 Å². The van der Waals surface area contributed by atoms with Crippen LogP contribution in [0.25, 0.3) is 22.5 Å². The number of hydrogen-bond donors (Lipinski definition) is 1. The molecule has 1 aliphatic rings. The zero-order chi connectivity index (χ0) is 18.8. The highest BCUT2D eigenvalue weighted by Gasteiger charge is 2.25. The molecule has 4 rings (SSSR count). The molecule has 0 saturated carbocycles. The number of hydrogen-bond acceptors (Lipinski definition) is 7. The topological polar surface area (TPSA) is 111 Å². The summed E-state index contributed by atoms with van der Waals surface area (Å²) < 4.78 is 5.47. The Morgan fingerprint density at radius 3 is 2.63 bits per heavy atom.